The van der Waals surface area contributed by atoms with E-state index in [0.717, 1.165) is 5.52 Å². The predicted octanol–water partition coefficient (Wildman–Crippen LogP) is 3.22. The van der Waals surface area contributed by atoms with Crippen LogP contribution in [0.5, 0.6) is 0 Å². The van der Waals surface area contributed by atoms with Crippen molar-refractivity contribution in [2.75, 3.05) is 0 Å². The number of carboxylic acid groups (broad SMARTS) is 1. The lowest BCUT2D eigenvalue weighted by Gasteiger charge is -2.18. The summed E-state index contributed by atoms with van der Waals surface area (Å²) >= 11 is 0. The number of hydrogen-bond acceptors (Lipinski definition) is 8. The molecule has 4 aromatic rings. The summed E-state index contributed by atoms with van der Waals surface area (Å²) in [5.41, 5.74) is 2.29. The SMILES string of the molecule is N#Cc1cc(CC(NS(=O)(=O)c2ccccc2)c2nc3ccccc3[nH]2)ccc1C1CC(=O)NS1(=O)=O.O=C(O)C(F)(F)F. The minimum Gasteiger partial charge on any atom is -0.475 e. The number of amides is 1. The third-order valence-corrected chi connectivity index (χ3v) is 9.53. The Morgan fingerprint density at radius 2 is 1.75 bits per heavy atom. The minimum absolute atomic E-state index is 0.0905. The number of carbonyl (C=O) groups is 2. The maximum absolute atomic E-state index is 13.2. The summed E-state index contributed by atoms with van der Waals surface area (Å²) in [5, 5.41) is 15.7. The molecule has 44 heavy (non-hydrogen) atoms. The number of sulfonamides is 2. The molecule has 1 aliphatic rings. The second-order valence-corrected chi connectivity index (χ2v) is 13.0. The summed E-state index contributed by atoms with van der Waals surface area (Å²) in [7, 11) is -7.85. The van der Waals surface area contributed by atoms with Gasteiger partial charge in [0, 0.05) is 0 Å². The van der Waals surface area contributed by atoms with Gasteiger partial charge in [0.1, 0.15) is 11.1 Å². The van der Waals surface area contributed by atoms with E-state index in [1.54, 1.807) is 30.3 Å². The Morgan fingerprint density at radius 3 is 2.32 bits per heavy atom. The summed E-state index contributed by atoms with van der Waals surface area (Å²) < 4.78 is 87.4. The highest BCUT2D eigenvalue weighted by Gasteiger charge is 2.39. The van der Waals surface area contributed by atoms with E-state index in [4.69, 9.17) is 9.90 Å². The number of rotatable bonds is 7. The monoisotopic (exact) mass is 649 g/mol. The Bertz CT molecular complexity index is 1940. The van der Waals surface area contributed by atoms with Gasteiger partial charge in [0.25, 0.3) is 0 Å². The summed E-state index contributed by atoms with van der Waals surface area (Å²) in [6.45, 7) is 0. The molecule has 0 bridgehead atoms. The molecule has 17 heteroatoms. The number of H-pyrrole nitrogens is 1. The average Bonchev–Trinajstić information content (AvgIpc) is 3.52. The molecule has 0 radical (unpaired) electrons. The fraction of sp³-hybridized carbons (Fsp3) is 0.185. The fourth-order valence-electron chi connectivity index (χ4n) is 4.36. The van der Waals surface area contributed by atoms with Crippen LogP contribution in [0.1, 0.15) is 40.2 Å². The molecule has 2 unspecified atom stereocenters. The summed E-state index contributed by atoms with van der Waals surface area (Å²) in [4.78, 5) is 28.4. The number of carbonyl (C=O) groups excluding carboxylic acids is 1. The number of hydrogen-bond donors (Lipinski definition) is 4. The molecule has 1 saturated heterocycles. The van der Waals surface area contributed by atoms with Gasteiger partial charge in [-0.1, -0.05) is 42.5 Å². The maximum Gasteiger partial charge on any atom is 0.490 e. The first-order chi connectivity index (χ1) is 20.6. The highest BCUT2D eigenvalue weighted by atomic mass is 32.2. The van der Waals surface area contributed by atoms with Gasteiger partial charge in [-0.2, -0.15) is 18.4 Å². The number of carboxylic acids is 1. The van der Waals surface area contributed by atoms with Gasteiger partial charge in [-0.15, -0.1) is 0 Å². The Kier molecular flexibility index (Phi) is 9.09. The largest absolute Gasteiger partial charge is 0.490 e. The van der Waals surface area contributed by atoms with Crippen molar-refractivity contribution in [2.45, 2.75) is 35.2 Å². The van der Waals surface area contributed by atoms with Gasteiger partial charge in [0.2, 0.25) is 26.0 Å². The van der Waals surface area contributed by atoms with E-state index in [1.807, 2.05) is 29.0 Å². The van der Waals surface area contributed by atoms with Crippen LogP contribution >= 0.6 is 0 Å². The van der Waals surface area contributed by atoms with Gasteiger partial charge in [0.05, 0.1) is 40.0 Å². The molecular weight excluding hydrogens is 627 g/mol. The Morgan fingerprint density at radius 1 is 1.11 bits per heavy atom. The quantitative estimate of drug-likeness (QED) is 0.232. The van der Waals surface area contributed by atoms with Crippen LogP contribution in [0.15, 0.2) is 77.7 Å². The van der Waals surface area contributed by atoms with Gasteiger partial charge in [-0.3, -0.25) is 9.52 Å². The van der Waals surface area contributed by atoms with Crippen LogP contribution in [0.3, 0.4) is 0 Å². The van der Waals surface area contributed by atoms with E-state index in [-0.39, 0.29) is 28.9 Å². The van der Waals surface area contributed by atoms with Crippen LogP contribution in [0, 0.1) is 11.3 Å². The Labute approximate surface area is 248 Å². The van der Waals surface area contributed by atoms with Gasteiger partial charge in [-0.05, 0) is 47.9 Å². The number of nitrogens with one attached hydrogen (secondary N) is 3. The molecule has 3 aromatic carbocycles. The third-order valence-electron chi connectivity index (χ3n) is 6.36. The van der Waals surface area contributed by atoms with Gasteiger partial charge in [0.15, 0.2) is 0 Å². The number of aromatic amines is 1. The average molecular weight is 650 g/mol. The molecule has 2 heterocycles. The van der Waals surface area contributed by atoms with Crippen molar-refractivity contribution in [3.63, 3.8) is 0 Å². The summed E-state index contributed by atoms with van der Waals surface area (Å²) in [6.07, 6.45) is -5.23. The zero-order valence-corrected chi connectivity index (χ0v) is 23.9. The van der Waals surface area contributed by atoms with Gasteiger partial charge in [-0.25, -0.2) is 31.3 Å². The van der Waals surface area contributed by atoms with Crippen LogP contribution in [-0.4, -0.2) is 50.0 Å². The molecule has 1 amide bonds. The number of para-hydroxylation sites is 2. The van der Waals surface area contributed by atoms with E-state index in [0.29, 0.717) is 16.9 Å². The zero-order chi connectivity index (χ0) is 32.3. The van der Waals surface area contributed by atoms with Crippen LogP contribution in [0.4, 0.5) is 13.2 Å². The van der Waals surface area contributed by atoms with E-state index in [2.05, 4.69) is 14.7 Å². The highest BCUT2D eigenvalue weighted by molar-refractivity contribution is 7.90. The van der Waals surface area contributed by atoms with Crippen molar-refractivity contribution in [2.24, 2.45) is 0 Å². The molecule has 2 atom stereocenters. The lowest BCUT2D eigenvalue weighted by Crippen LogP contribution is -2.31. The number of imidazole rings is 1. The number of aromatic nitrogens is 2. The fourth-order valence-corrected chi connectivity index (χ4v) is 7.03. The minimum atomic E-state index is -5.08. The van der Waals surface area contributed by atoms with Crippen LogP contribution < -0.4 is 9.44 Å². The molecule has 0 saturated carbocycles. The summed E-state index contributed by atoms with van der Waals surface area (Å²) in [6, 6.07) is 21.0. The number of aliphatic carboxylic acids is 1. The molecule has 4 N–H and O–H groups in total. The van der Waals surface area contributed by atoms with Crippen molar-refractivity contribution >= 4 is 43.0 Å². The molecule has 1 aliphatic heterocycles. The topological polar surface area (TPSA) is 199 Å². The van der Waals surface area contributed by atoms with Crippen LogP contribution in [-0.2, 0) is 36.1 Å². The van der Waals surface area contributed by atoms with E-state index in [9.17, 15) is 40.1 Å². The molecule has 230 valence electrons. The van der Waals surface area contributed by atoms with Crippen molar-refractivity contribution in [1.29, 1.82) is 5.26 Å². The van der Waals surface area contributed by atoms with Crippen molar-refractivity contribution in [3.05, 3.63) is 95.3 Å². The first-order valence-corrected chi connectivity index (χ1v) is 15.5. The Hall–Kier alpha value is -4.79. The number of alkyl halides is 3. The first kappa shape index (κ1) is 32.1. The zero-order valence-electron chi connectivity index (χ0n) is 22.2. The van der Waals surface area contributed by atoms with Gasteiger partial charge < -0.3 is 10.1 Å². The number of benzene rings is 3. The lowest BCUT2D eigenvalue weighted by molar-refractivity contribution is -0.192. The molecule has 1 fully saturated rings. The second-order valence-electron chi connectivity index (χ2n) is 9.43. The normalized spacial score (nSPS) is 16.8. The molecular formula is C27H22F3N5O7S2. The number of nitriles is 1. The molecule has 5 rings (SSSR count). The van der Waals surface area contributed by atoms with E-state index < -0.39 is 49.4 Å². The maximum atomic E-state index is 13.2. The Balaban J connectivity index is 0.000000566. The number of halogens is 3. The first-order valence-electron chi connectivity index (χ1n) is 12.5. The standard InChI is InChI=1S/C25H21N5O5S2.C2HF3O2/c26-15-17-12-16(10-11-19(17)23-14-24(31)30-37(23,34)35)13-22(25-27-20-8-4-5-9-21(20)28-25)29-36(32,33)18-6-2-1-3-7-18;3-2(4,5)1(6)7/h1-12,22-23,29H,13-14H2,(H,27,28)(H,30,31);(H,6,7). The van der Waals surface area contributed by atoms with Crippen molar-refractivity contribution in [1.82, 2.24) is 19.4 Å². The smallest absolute Gasteiger partial charge is 0.475 e. The second kappa shape index (κ2) is 12.4. The van der Waals surface area contributed by atoms with Crippen LogP contribution in [0.25, 0.3) is 11.0 Å². The molecule has 12 nitrogen and oxygen atoms in total. The van der Waals surface area contributed by atoms with E-state index >= 15 is 0 Å². The number of nitrogens with zero attached hydrogens (tertiary/aromatic N) is 2. The van der Waals surface area contributed by atoms with Crippen molar-refractivity contribution < 1.29 is 44.7 Å². The molecule has 0 spiro atoms. The van der Waals surface area contributed by atoms with E-state index in [1.165, 1.54) is 24.3 Å². The lowest BCUT2D eigenvalue weighted by atomic mass is 9.97. The van der Waals surface area contributed by atoms with Crippen LogP contribution in [0.2, 0.25) is 0 Å². The summed E-state index contributed by atoms with van der Waals surface area (Å²) in [5.74, 6) is -3.00. The number of fused-ring (bicyclic) bond motifs is 1. The van der Waals surface area contributed by atoms with Gasteiger partial charge >= 0.3 is 12.1 Å². The third kappa shape index (κ3) is 7.40. The molecule has 1 aromatic heterocycles. The van der Waals surface area contributed by atoms with Crippen molar-refractivity contribution in [3.8, 4) is 6.07 Å². The predicted molar refractivity (Wildman–Crippen MR) is 149 cm³/mol. The molecule has 0 aliphatic carbocycles. The highest BCUT2D eigenvalue weighted by Crippen LogP contribution is 2.33.